The number of carboxylic acids is 1. The standard InChI is InChI=1S/C14H12O4/c15-13(16)14(18-17,11-7-3-1-4-8-11)12-9-5-2-6-10-12/h1-10,17H,(H,15,16). The molecule has 0 atom stereocenters. The van der Waals surface area contributed by atoms with Crippen LogP contribution in [0.5, 0.6) is 0 Å². The van der Waals surface area contributed by atoms with Crippen LogP contribution in [-0.4, -0.2) is 16.3 Å². The van der Waals surface area contributed by atoms with E-state index in [2.05, 4.69) is 4.89 Å². The normalized spacial score (nSPS) is 11.2. The van der Waals surface area contributed by atoms with Gasteiger partial charge >= 0.3 is 5.97 Å². The van der Waals surface area contributed by atoms with Crippen molar-refractivity contribution >= 4 is 5.97 Å². The van der Waals surface area contributed by atoms with Crippen molar-refractivity contribution in [1.29, 1.82) is 0 Å². The van der Waals surface area contributed by atoms with Crippen LogP contribution in [0.3, 0.4) is 0 Å². The molecule has 2 aromatic rings. The number of hydrogen-bond donors (Lipinski definition) is 2. The number of hydrogen-bond acceptors (Lipinski definition) is 3. The zero-order chi connectivity index (χ0) is 13.0. The first kappa shape index (κ1) is 12.3. The van der Waals surface area contributed by atoms with E-state index in [1.807, 2.05) is 0 Å². The van der Waals surface area contributed by atoms with Gasteiger partial charge in [0, 0.05) is 11.1 Å². The van der Waals surface area contributed by atoms with Crippen molar-refractivity contribution in [3.63, 3.8) is 0 Å². The molecular weight excluding hydrogens is 232 g/mol. The molecule has 2 aromatic carbocycles. The van der Waals surface area contributed by atoms with E-state index in [0.29, 0.717) is 11.1 Å². The Hall–Kier alpha value is -2.17. The molecule has 4 heteroatoms. The molecule has 18 heavy (non-hydrogen) atoms. The Bertz CT molecular complexity index is 483. The molecule has 0 unspecified atom stereocenters. The molecule has 0 aromatic heterocycles. The summed E-state index contributed by atoms with van der Waals surface area (Å²) in [6.45, 7) is 0. The van der Waals surface area contributed by atoms with Gasteiger partial charge < -0.3 is 5.11 Å². The van der Waals surface area contributed by atoms with Crippen LogP contribution in [-0.2, 0) is 15.3 Å². The Labute approximate surface area is 104 Å². The van der Waals surface area contributed by atoms with Crippen LogP contribution in [0.15, 0.2) is 60.7 Å². The van der Waals surface area contributed by atoms with Gasteiger partial charge in [0.2, 0.25) is 5.60 Å². The van der Waals surface area contributed by atoms with Gasteiger partial charge in [-0.1, -0.05) is 60.7 Å². The third kappa shape index (κ3) is 1.88. The number of benzene rings is 2. The van der Waals surface area contributed by atoms with Gasteiger partial charge in [0.15, 0.2) is 0 Å². The lowest BCUT2D eigenvalue weighted by atomic mass is 9.86. The summed E-state index contributed by atoms with van der Waals surface area (Å²) in [6.07, 6.45) is 0. The van der Waals surface area contributed by atoms with Gasteiger partial charge in [-0.2, -0.15) is 0 Å². The third-order valence-corrected chi connectivity index (χ3v) is 2.80. The molecule has 0 saturated heterocycles. The monoisotopic (exact) mass is 244 g/mol. The second-order valence-electron chi connectivity index (χ2n) is 3.81. The molecule has 0 saturated carbocycles. The van der Waals surface area contributed by atoms with Gasteiger partial charge in [-0.25, -0.2) is 14.9 Å². The zero-order valence-corrected chi connectivity index (χ0v) is 9.48. The minimum absolute atomic E-state index is 0.353. The summed E-state index contributed by atoms with van der Waals surface area (Å²) in [5, 5.41) is 18.6. The molecular formula is C14H12O4. The first-order valence-corrected chi connectivity index (χ1v) is 5.39. The second-order valence-corrected chi connectivity index (χ2v) is 3.81. The molecule has 2 N–H and O–H groups in total. The SMILES string of the molecule is O=C(O)C(OO)(c1ccccc1)c1ccccc1. The van der Waals surface area contributed by atoms with Crippen LogP contribution in [0.2, 0.25) is 0 Å². The van der Waals surface area contributed by atoms with Gasteiger partial charge in [-0.05, 0) is 0 Å². The van der Waals surface area contributed by atoms with E-state index >= 15 is 0 Å². The van der Waals surface area contributed by atoms with Gasteiger partial charge in [-0.3, -0.25) is 0 Å². The maximum absolute atomic E-state index is 11.6. The molecule has 0 bridgehead atoms. The van der Waals surface area contributed by atoms with Crippen LogP contribution >= 0.6 is 0 Å². The quantitative estimate of drug-likeness (QED) is 0.640. The Kier molecular flexibility index (Phi) is 3.41. The molecule has 0 aliphatic carbocycles. The predicted octanol–water partition coefficient (Wildman–Crippen LogP) is 2.50. The number of rotatable bonds is 4. The van der Waals surface area contributed by atoms with E-state index in [1.54, 1.807) is 60.7 Å². The van der Waals surface area contributed by atoms with E-state index < -0.39 is 11.6 Å². The summed E-state index contributed by atoms with van der Waals surface area (Å²) in [5.74, 6) is -1.28. The second kappa shape index (κ2) is 5.00. The van der Waals surface area contributed by atoms with Crippen LogP contribution < -0.4 is 0 Å². The van der Waals surface area contributed by atoms with E-state index in [9.17, 15) is 15.2 Å². The third-order valence-electron chi connectivity index (χ3n) is 2.80. The van der Waals surface area contributed by atoms with Crippen molar-refractivity contribution in [2.45, 2.75) is 5.60 Å². The molecule has 0 fully saturated rings. The van der Waals surface area contributed by atoms with Gasteiger partial charge in [0.05, 0.1) is 0 Å². The van der Waals surface area contributed by atoms with Crippen molar-refractivity contribution < 1.29 is 20.0 Å². The molecule has 92 valence electrons. The average molecular weight is 244 g/mol. The van der Waals surface area contributed by atoms with Crippen LogP contribution in [0.1, 0.15) is 11.1 Å². The van der Waals surface area contributed by atoms with Crippen LogP contribution in [0, 0.1) is 0 Å². The molecule has 0 aliphatic heterocycles. The summed E-state index contributed by atoms with van der Waals surface area (Å²) in [7, 11) is 0. The molecule has 0 spiro atoms. The van der Waals surface area contributed by atoms with Gasteiger partial charge in [-0.15, -0.1) is 0 Å². The number of carboxylic acid groups (broad SMARTS) is 1. The fraction of sp³-hybridized carbons (Fsp3) is 0.0714. The fourth-order valence-corrected chi connectivity index (χ4v) is 1.90. The lowest BCUT2D eigenvalue weighted by Crippen LogP contribution is -2.39. The highest BCUT2D eigenvalue weighted by Crippen LogP contribution is 2.33. The Morgan fingerprint density at radius 3 is 1.56 bits per heavy atom. The Morgan fingerprint density at radius 1 is 0.889 bits per heavy atom. The molecule has 0 amide bonds. The van der Waals surface area contributed by atoms with E-state index in [-0.39, 0.29) is 0 Å². The largest absolute Gasteiger partial charge is 0.478 e. The lowest BCUT2D eigenvalue weighted by Gasteiger charge is -2.26. The van der Waals surface area contributed by atoms with E-state index in [4.69, 9.17) is 0 Å². The van der Waals surface area contributed by atoms with Crippen molar-refractivity contribution in [3.8, 4) is 0 Å². The summed E-state index contributed by atoms with van der Waals surface area (Å²) in [4.78, 5) is 15.9. The molecule has 4 nitrogen and oxygen atoms in total. The van der Waals surface area contributed by atoms with Crippen molar-refractivity contribution in [1.82, 2.24) is 0 Å². The average Bonchev–Trinajstić information content (AvgIpc) is 2.42. The molecule has 0 heterocycles. The summed E-state index contributed by atoms with van der Waals surface area (Å²) >= 11 is 0. The van der Waals surface area contributed by atoms with Gasteiger partial charge in [0.25, 0.3) is 0 Å². The Balaban J connectivity index is 2.65. The van der Waals surface area contributed by atoms with E-state index in [1.165, 1.54) is 0 Å². The van der Waals surface area contributed by atoms with Gasteiger partial charge in [0.1, 0.15) is 0 Å². The first-order valence-electron chi connectivity index (χ1n) is 5.39. The number of aliphatic carboxylic acids is 1. The van der Waals surface area contributed by atoms with Crippen molar-refractivity contribution in [2.75, 3.05) is 0 Å². The summed E-state index contributed by atoms with van der Waals surface area (Å²) in [5.41, 5.74) is -1.19. The minimum atomic E-state index is -1.90. The summed E-state index contributed by atoms with van der Waals surface area (Å²) in [6, 6.07) is 16.7. The maximum atomic E-state index is 11.6. The predicted molar refractivity (Wildman–Crippen MR) is 65.0 cm³/mol. The molecule has 2 rings (SSSR count). The van der Waals surface area contributed by atoms with Crippen LogP contribution in [0.25, 0.3) is 0 Å². The number of carbonyl (C=O) groups is 1. The first-order chi connectivity index (χ1) is 8.71. The maximum Gasteiger partial charge on any atom is 0.348 e. The smallest absolute Gasteiger partial charge is 0.348 e. The molecule has 0 radical (unpaired) electrons. The minimum Gasteiger partial charge on any atom is -0.478 e. The fourth-order valence-electron chi connectivity index (χ4n) is 1.90. The highest BCUT2D eigenvalue weighted by Gasteiger charge is 2.44. The highest BCUT2D eigenvalue weighted by molar-refractivity contribution is 5.84. The highest BCUT2D eigenvalue weighted by atomic mass is 17.1. The lowest BCUT2D eigenvalue weighted by molar-refractivity contribution is -0.309. The molecule has 0 aliphatic rings. The Morgan fingerprint density at radius 2 is 1.28 bits per heavy atom. The zero-order valence-electron chi connectivity index (χ0n) is 9.48. The van der Waals surface area contributed by atoms with Crippen molar-refractivity contribution in [2.24, 2.45) is 0 Å². The van der Waals surface area contributed by atoms with Crippen molar-refractivity contribution in [3.05, 3.63) is 71.8 Å². The van der Waals surface area contributed by atoms with E-state index in [0.717, 1.165) is 0 Å². The topological polar surface area (TPSA) is 66.8 Å². The van der Waals surface area contributed by atoms with Crippen LogP contribution in [0.4, 0.5) is 0 Å². The summed E-state index contributed by atoms with van der Waals surface area (Å²) < 4.78 is 0.